The number of esters is 2. The van der Waals surface area contributed by atoms with Crippen molar-refractivity contribution in [3.63, 3.8) is 0 Å². The zero-order valence-electron chi connectivity index (χ0n) is 12.5. The number of hydrogen-bond donors (Lipinski definition) is 1. The highest BCUT2D eigenvalue weighted by Gasteiger charge is 2.12. The quantitative estimate of drug-likeness (QED) is 0.851. The second-order valence-corrected chi connectivity index (χ2v) is 4.63. The maximum absolute atomic E-state index is 12.1. The van der Waals surface area contributed by atoms with E-state index in [0.29, 0.717) is 23.1 Å². The molecule has 116 valence electrons. The van der Waals surface area contributed by atoms with Crippen LogP contribution in [0, 0.1) is 0 Å². The maximum Gasteiger partial charge on any atom is 0.354 e. The van der Waals surface area contributed by atoms with Gasteiger partial charge in [-0.05, 0) is 31.5 Å². The Morgan fingerprint density at radius 3 is 2.50 bits per heavy atom. The molecule has 0 aliphatic rings. The molecule has 2 aromatic rings. The van der Waals surface area contributed by atoms with Crippen molar-refractivity contribution in [2.75, 3.05) is 13.2 Å². The molecule has 0 aliphatic carbocycles. The number of carbonyl (C=O) groups excluding carboxylic acids is 2. The molecular weight excluding hydrogens is 286 g/mol. The zero-order valence-corrected chi connectivity index (χ0v) is 12.5. The molecule has 0 radical (unpaired) electrons. The van der Waals surface area contributed by atoms with E-state index in [1.54, 1.807) is 32.0 Å². The minimum Gasteiger partial charge on any atom is -0.466 e. The van der Waals surface area contributed by atoms with Gasteiger partial charge in [-0.15, -0.1) is 0 Å². The predicted octanol–water partition coefficient (Wildman–Crippen LogP) is 1.81. The number of ether oxygens (including phenoxy) is 2. The van der Waals surface area contributed by atoms with Crippen molar-refractivity contribution in [2.45, 2.75) is 20.3 Å². The first kappa shape index (κ1) is 15.8. The number of benzene rings is 1. The van der Waals surface area contributed by atoms with Crippen molar-refractivity contribution < 1.29 is 19.1 Å². The van der Waals surface area contributed by atoms with Crippen LogP contribution in [-0.2, 0) is 20.7 Å². The van der Waals surface area contributed by atoms with Gasteiger partial charge in [0.1, 0.15) is 5.69 Å². The second-order valence-electron chi connectivity index (χ2n) is 4.63. The first-order valence-corrected chi connectivity index (χ1v) is 7.03. The number of aromatic nitrogens is 1. The fraction of sp³-hybridized carbons (Fsp3) is 0.312. The molecule has 1 N–H and O–H groups in total. The van der Waals surface area contributed by atoms with Crippen molar-refractivity contribution in [3.05, 3.63) is 45.7 Å². The molecule has 0 saturated carbocycles. The van der Waals surface area contributed by atoms with E-state index in [0.717, 1.165) is 0 Å². The average Bonchev–Trinajstić information content (AvgIpc) is 2.48. The summed E-state index contributed by atoms with van der Waals surface area (Å²) >= 11 is 0. The lowest BCUT2D eigenvalue weighted by molar-refractivity contribution is -0.142. The molecule has 6 nitrogen and oxygen atoms in total. The lowest BCUT2D eigenvalue weighted by Gasteiger charge is -2.06. The summed E-state index contributed by atoms with van der Waals surface area (Å²) < 4.78 is 9.74. The Bertz CT molecular complexity index is 763. The fourth-order valence-electron chi connectivity index (χ4n) is 2.10. The first-order chi connectivity index (χ1) is 10.5. The topological polar surface area (TPSA) is 85.5 Å². The summed E-state index contributed by atoms with van der Waals surface area (Å²) in [6, 6.07) is 6.20. The lowest BCUT2D eigenvalue weighted by atomic mass is 10.1. The molecule has 6 heteroatoms. The Balaban J connectivity index is 2.36. The number of fused-ring (bicyclic) bond motifs is 1. The number of rotatable bonds is 5. The van der Waals surface area contributed by atoms with Crippen LogP contribution >= 0.6 is 0 Å². The van der Waals surface area contributed by atoms with Crippen molar-refractivity contribution in [2.24, 2.45) is 0 Å². The second kappa shape index (κ2) is 6.89. The molecule has 0 unspecified atom stereocenters. The summed E-state index contributed by atoms with van der Waals surface area (Å²) in [5, 5.41) is 0.412. The van der Waals surface area contributed by atoms with E-state index in [2.05, 4.69) is 4.98 Å². The number of hydrogen-bond acceptors (Lipinski definition) is 5. The van der Waals surface area contributed by atoms with Crippen LogP contribution in [0.15, 0.2) is 29.1 Å². The maximum atomic E-state index is 12.1. The van der Waals surface area contributed by atoms with Gasteiger partial charge >= 0.3 is 11.9 Å². The van der Waals surface area contributed by atoms with E-state index in [1.165, 1.54) is 6.07 Å². The van der Waals surface area contributed by atoms with Crippen molar-refractivity contribution in [3.8, 4) is 0 Å². The van der Waals surface area contributed by atoms with Crippen LogP contribution in [-0.4, -0.2) is 30.1 Å². The van der Waals surface area contributed by atoms with Crippen LogP contribution in [0.4, 0.5) is 0 Å². The van der Waals surface area contributed by atoms with Crippen LogP contribution in [0.2, 0.25) is 0 Å². The van der Waals surface area contributed by atoms with Crippen molar-refractivity contribution in [1.82, 2.24) is 4.98 Å². The van der Waals surface area contributed by atoms with Gasteiger partial charge < -0.3 is 14.5 Å². The van der Waals surface area contributed by atoms with Crippen molar-refractivity contribution in [1.29, 1.82) is 0 Å². The van der Waals surface area contributed by atoms with Crippen LogP contribution < -0.4 is 5.43 Å². The van der Waals surface area contributed by atoms with Gasteiger partial charge in [0.2, 0.25) is 0 Å². The first-order valence-electron chi connectivity index (χ1n) is 7.03. The van der Waals surface area contributed by atoms with Crippen molar-refractivity contribution >= 4 is 22.8 Å². The number of nitrogens with one attached hydrogen (secondary N) is 1. The average molecular weight is 303 g/mol. The summed E-state index contributed by atoms with van der Waals surface area (Å²) in [6.45, 7) is 3.98. The SMILES string of the molecule is CCOC(=O)Cc1ccc2[nH]c(C(=O)OCC)cc(=O)c2c1. The molecule has 0 spiro atoms. The van der Waals surface area contributed by atoms with Gasteiger partial charge in [-0.3, -0.25) is 9.59 Å². The van der Waals surface area contributed by atoms with Gasteiger partial charge in [0.05, 0.1) is 19.6 Å². The Hall–Kier alpha value is -2.63. The Labute approximate surface area is 127 Å². The van der Waals surface area contributed by atoms with E-state index in [1.807, 2.05) is 0 Å². The van der Waals surface area contributed by atoms with E-state index < -0.39 is 5.97 Å². The number of pyridine rings is 1. The molecule has 2 rings (SSSR count). The summed E-state index contributed by atoms with van der Waals surface area (Å²) in [6.07, 6.45) is 0.100. The minimum atomic E-state index is -0.572. The summed E-state index contributed by atoms with van der Waals surface area (Å²) in [5.74, 6) is -0.918. The predicted molar refractivity (Wildman–Crippen MR) is 80.9 cm³/mol. The standard InChI is InChI=1S/C16H17NO5/c1-3-21-15(19)8-10-5-6-12-11(7-10)14(18)9-13(17-12)16(20)22-4-2/h5-7,9H,3-4,8H2,1-2H3,(H,17,18). The van der Waals surface area contributed by atoms with E-state index in [4.69, 9.17) is 9.47 Å². The highest BCUT2D eigenvalue weighted by atomic mass is 16.5. The Morgan fingerprint density at radius 2 is 1.82 bits per heavy atom. The van der Waals surface area contributed by atoms with E-state index in [9.17, 15) is 14.4 Å². The third-order valence-electron chi connectivity index (χ3n) is 3.04. The zero-order chi connectivity index (χ0) is 16.1. The molecule has 0 aliphatic heterocycles. The number of aromatic amines is 1. The van der Waals surface area contributed by atoms with Gasteiger partial charge in [-0.25, -0.2) is 4.79 Å². The fourth-order valence-corrected chi connectivity index (χ4v) is 2.10. The smallest absolute Gasteiger partial charge is 0.354 e. The number of carbonyl (C=O) groups is 2. The van der Waals surface area contributed by atoms with E-state index in [-0.39, 0.29) is 30.1 Å². The normalized spacial score (nSPS) is 10.5. The molecule has 0 bridgehead atoms. The molecule has 0 amide bonds. The van der Waals surface area contributed by atoms with Gasteiger partial charge in [0.15, 0.2) is 5.43 Å². The summed E-state index contributed by atoms with van der Waals surface area (Å²) in [4.78, 5) is 38.1. The van der Waals surface area contributed by atoms with Crippen LogP contribution in [0.1, 0.15) is 29.9 Å². The van der Waals surface area contributed by atoms with Gasteiger partial charge in [-0.1, -0.05) is 6.07 Å². The monoisotopic (exact) mass is 303 g/mol. The molecule has 1 aromatic carbocycles. The van der Waals surface area contributed by atoms with Gasteiger partial charge in [0.25, 0.3) is 0 Å². The van der Waals surface area contributed by atoms with Crippen LogP contribution in [0.25, 0.3) is 10.9 Å². The molecule has 1 heterocycles. The summed E-state index contributed by atoms with van der Waals surface area (Å²) in [7, 11) is 0. The highest BCUT2D eigenvalue weighted by molar-refractivity contribution is 5.91. The highest BCUT2D eigenvalue weighted by Crippen LogP contribution is 2.13. The summed E-state index contributed by atoms with van der Waals surface area (Å²) in [5.41, 5.74) is 1.00. The Morgan fingerprint density at radius 1 is 1.09 bits per heavy atom. The van der Waals surface area contributed by atoms with Gasteiger partial charge in [-0.2, -0.15) is 0 Å². The third kappa shape index (κ3) is 3.52. The van der Waals surface area contributed by atoms with Crippen LogP contribution in [0.3, 0.4) is 0 Å². The molecule has 22 heavy (non-hydrogen) atoms. The minimum absolute atomic E-state index is 0.100. The van der Waals surface area contributed by atoms with Gasteiger partial charge in [0, 0.05) is 17.0 Å². The molecular formula is C16H17NO5. The largest absolute Gasteiger partial charge is 0.466 e. The molecule has 0 atom stereocenters. The Kier molecular flexibility index (Phi) is 4.93. The molecule has 0 saturated heterocycles. The molecule has 1 aromatic heterocycles. The molecule has 0 fully saturated rings. The number of H-pyrrole nitrogens is 1. The van der Waals surface area contributed by atoms with E-state index >= 15 is 0 Å². The lowest BCUT2D eigenvalue weighted by Crippen LogP contribution is -2.13. The third-order valence-corrected chi connectivity index (χ3v) is 3.04. The van der Waals surface area contributed by atoms with Crippen LogP contribution in [0.5, 0.6) is 0 Å².